The summed E-state index contributed by atoms with van der Waals surface area (Å²) in [6.07, 6.45) is 0. The molecule has 0 radical (unpaired) electrons. The Bertz CT molecular complexity index is 401. The van der Waals surface area contributed by atoms with Gasteiger partial charge in [-0.15, -0.1) is 0 Å². The van der Waals surface area contributed by atoms with Crippen molar-refractivity contribution in [3.05, 3.63) is 34.9 Å². The summed E-state index contributed by atoms with van der Waals surface area (Å²) in [6, 6.07) is 7.70. The maximum Gasteiger partial charge on any atom is 0.0718 e. The molecule has 2 atom stereocenters. The van der Waals surface area contributed by atoms with Crippen LogP contribution in [0.15, 0.2) is 24.3 Å². The van der Waals surface area contributed by atoms with E-state index in [1.54, 1.807) is 13.8 Å². The molecule has 0 saturated heterocycles. The largest absolute Gasteiger partial charge is 0.389 e. The number of halogens is 1. The fraction of sp³-hybridized carbons (Fsp3) is 0.600. The summed E-state index contributed by atoms with van der Waals surface area (Å²) in [6.45, 7) is 9.02. The van der Waals surface area contributed by atoms with Crippen LogP contribution in [0.5, 0.6) is 0 Å². The Hall–Kier alpha value is -0.610. The fourth-order valence-corrected chi connectivity index (χ4v) is 2.68. The van der Waals surface area contributed by atoms with Crippen LogP contribution in [0.4, 0.5) is 0 Å². The Kier molecular flexibility index (Phi) is 5.81. The number of nitrogens with zero attached hydrogens (tertiary/aromatic N) is 1. The zero-order valence-corrected chi connectivity index (χ0v) is 13.0. The van der Waals surface area contributed by atoms with E-state index in [-0.39, 0.29) is 12.1 Å². The predicted octanol–water partition coefficient (Wildman–Crippen LogP) is 2.82. The van der Waals surface area contributed by atoms with E-state index in [0.717, 1.165) is 17.1 Å². The highest BCUT2D eigenvalue weighted by Gasteiger charge is 2.28. The van der Waals surface area contributed by atoms with Gasteiger partial charge in [0.25, 0.3) is 0 Å². The van der Waals surface area contributed by atoms with Gasteiger partial charge in [0.15, 0.2) is 0 Å². The molecule has 19 heavy (non-hydrogen) atoms. The molecule has 0 saturated carbocycles. The second kappa shape index (κ2) is 6.71. The van der Waals surface area contributed by atoms with Crippen molar-refractivity contribution in [1.82, 2.24) is 4.90 Å². The number of benzene rings is 1. The molecular weight excluding hydrogens is 260 g/mol. The van der Waals surface area contributed by atoms with Gasteiger partial charge in [-0.05, 0) is 38.9 Å². The lowest BCUT2D eigenvalue weighted by Crippen LogP contribution is -2.46. The minimum atomic E-state index is -0.760. The van der Waals surface area contributed by atoms with Gasteiger partial charge in [-0.1, -0.05) is 36.7 Å². The van der Waals surface area contributed by atoms with E-state index in [4.69, 9.17) is 17.3 Å². The third-order valence-electron chi connectivity index (χ3n) is 3.11. The molecule has 0 fully saturated rings. The van der Waals surface area contributed by atoms with Gasteiger partial charge < -0.3 is 10.8 Å². The van der Waals surface area contributed by atoms with Crippen LogP contribution >= 0.6 is 11.6 Å². The molecule has 108 valence electrons. The van der Waals surface area contributed by atoms with E-state index in [2.05, 4.69) is 11.8 Å². The Labute approximate surface area is 121 Å². The van der Waals surface area contributed by atoms with Crippen LogP contribution < -0.4 is 5.73 Å². The van der Waals surface area contributed by atoms with Gasteiger partial charge in [0.1, 0.15) is 0 Å². The predicted molar refractivity (Wildman–Crippen MR) is 81.4 cm³/mol. The number of rotatable bonds is 6. The molecule has 1 aromatic rings. The van der Waals surface area contributed by atoms with Gasteiger partial charge in [-0.25, -0.2) is 0 Å². The zero-order valence-electron chi connectivity index (χ0n) is 12.2. The summed E-state index contributed by atoms with van der Waals surface area (Å²) in [4.78, 5) is 2.17. The summed E-state index contributed by atoms with van der Waals surface area (Å²) < 4.78 is 0. The van der Waals surface area contributed by atoms with Crippen molar-refractivity contribution in [2.45, 2.75) is 45.4 Å². The zero-order chi connectivity index (χ0) is 14.6. The van der Waals surface area contributed by atoms with E-state index >= 15 is 0 Å². The molecule has 0 aliphatic heterocycles. The quantitative estimate of drug-likeness (QED) is 0.844. The van der Waals surface area contributed by atoms with Crippen molar-refractivity contribution in [2.75, 3.05) is 13.1 Å². The van der Waals surface area contributed by atoms with Crippen LogP contribution in [0.2, 0.25) is 5.02 Å². The van der Waals surface area contributed by atoms with Gasteiger partial charge in [0.05, 0.1) is 11.6 Å². The Morgan fingerprint density at radius 2 is 1.95 bits per heavy atom. The first-order chi connectivity index (χ1) is 8.76. The monoisotopic (exact) mass is 284 g/mol. The van der Waals surface area contributed by atoms with Crippen molar-refractivity contribution in [3.63, 3.8) is 0 Å². The molecule has 2 unspecified atom stereocenters. The Morgan fingerprint density at radius 1 is 1.37 bits per heavy atom. The lowest BCUT2D eigenvalue weighted by atomic mass is 9.97. The van der Waals surface area contributed by atoms with E-state index in [9.17, 15) is 5.11 Å². The van der Waals surface area contributed by atoms with Gasteiger partial charge in [-0.3, -0.25) is 4.90 Å². The van der Waals surface area contributed by atoms with Crippen LogP contribution in [0.1, 0.15) is 39.3 Å². The maximum atomic E-state index is 10.1. The molecule has 0 aromatic heterocycles. The molecule has 1 aromatic carbocycles. The van der Waals surface area contributed by atoms with Crippen LogP contribution in [0, 0.1) is 0 Å². The normalized spacial score (nSPS) is 15.6. The third kappa shape index (κ3) is 4.77. The van der Waals surface area contributed by atoms with E-state index in [1.165, 1.54) is 0 Å². The SMILES string of the molecule is CCN(CC(C)(C)O)C(c1ccccc1Cl)C(C)N. The van der Waals surface area contributed by atoms with Crippen molar-refractivity contribution < 1.29 is 5.11 Å². The van der Waals surface area contributed by atoms with Crippen molar-refractivity contribution in [1.29, 1.82) is 0 Å². The molecule has 0 amide bonds. The number of nitrogens with two attached hydrogens (primary N) is 1. The van der Waals surface area contributed by atoms with E-state index in [1.807, 2.05) is 31.2 Å². The minimum absolute atomic E-state index is 0.00475. The highest BCUT2D eigenvalue weighted by molar-refractivity contribution is 6.31. The molecule has 0 heterocycles. The molecule has 1 rings (SSSR count). The van der Waals surface area contributed by atoms with Crippen LogP contribution in [0.3, 0.4) is 0 Å². The van der Waals surface area contributed by atoms with Crippen molar-refractivity contribution >= 4 is 11.6 Å². The molecule has 4 heteroatoms. The summed E-state index contributed by atoms with van der Waals surface area (Å²) in [5.74, 6) is 0. The number of hydrogen-bond acceptors (Lipinski definition) is 3. The van der Waals surface area contributed by atoms with Crippen molar-refractivity contribution in [2.24, 2.45) is 5.73 Å². The summed E-state index contributed by atoms with van der Waals surface area (Å²) in [5, 5.41) is 10.8. The van der Waals surface area contributed by atoms with Crippen LogP contribution in [-0.2, 0) is 0 Å². The number of hydrogen-bond donors (Lipinski definition) is 2. The first kappa shape index (κ1) is 16.4. The highest BCUT2D eigenvalue weighted by Crippen LogP contribution is 2.30. The molecule has 0 aliphatic carbocycles. The lowest BCUT2D eigenvalue weighted by molar-refractivity contribution is 0.0187. The second-order valence-corrected chi connectivity index (χ2v) is 6.11. The standard InChI is InChI=1S/C15H25ClN2O/c1-5-18(10-15(3,4)19)14(11(2)17)12-8-6-7-9-13(12)16/h6-9,11,14,19H,5,10,17H2,1-4H3. The number of aliphatic hydroxyl groups is 1. The van der Waals surface area contributed by atoms with Gasteiger partial charge >= 0.3 is 0 Å². The summed E-state index contributed by atoms with van der Waals surface area (Å²) >= 11 is 6.29. The molecule has 3 N–H and O–H groups in total. The first-order valence-corrected chi connectivity index (χ1v) is 7.10. The van der Waals surface area contributed by atoms with Crippen LogP contribution in [-0.4, -0.2) is 34.7 Å². The number of likely N-dealkylation sites (N-methyl/N-ethyl adjacent to an activating group) is 1. The molecule has 0 spiro atoms. The van der Waals surface area contributed by atoms with Crippen molar-refractivity contribution in [3.8, 4) is 0 Å². The van der Waals surface area contributed by atoms with E-state index < -0.39 is 5.60 Å². The maximum absolute atomic E-state index is 10.1. The minimum Gasteiger partial charge on any atom is -0.389 e. The fourth-order valence-electron chi connectivity index (χ4n) is 2.43. The highest BCUT2D eigenvalue weighted by atomic mass is 35.5. The smallest absolute Gasteiger partial charge is 0.0718 e. The topological polar surface area (TPSA) is 49.5 Å². The average Bonchev–Trinajstić information content (AvgIpc) is 2.28. The third-order valence-corrected chi connectivity index (χ3v) is 3.46. The van der Waals surface area contributed by atoms with Gasteiger partial charge in [0.2, 0.25) is 0 Å². The Balaban J connectivity index is 3.09. The summed E-state index contributed by atoms with van der Waals surface area (Å²) in [5.41, 5.74) is 6.41. The molecule has 0 aliphatic rings. The molecule has 0 bridgehead atoms. The summed E-state index contributed by atoms with van der Waals surface area (Å²) in [7, 11) is 0. The van der Waals surface area contributed by atoms with Gasteiger partial charge in [0, 0.05) is 17.6 Å². The van der Waals surface area contributed by atoms with Crippen LogP contribution in [0.25, 0.3) is 0 Å². The molecular formula is C15H25ClN2O. The van der Waals surface area contributed by atoms with Gasteiger partial charge in [-0.2, -0.15) is 0 Å². The van der Waals surface area contributed by atoms with E-state index in [0.29, 0.717) is 6.54 Å². The molecule has 3 nitrogen and oxygen atoms in total. The second-order valence-electron chi connectivity index (χ2n) is 5.70. The Morgan fingerprint density at radius 3 is 2.37 bits per heavy atom. The average molecular weight is 285 g/mol. The first-order valence-electron chi connectivity index (χ1n) is 6.72. The lowest BCUT2D eigenvalue weighted by Gasteiger charge is -2.37.